The number of nitrogens with zero attached hydrogens (tertiary/aromatic N) is 1. The molecule has 0 bridgehead atoms. The van der Waals surface area contributed by atoms with E-state index in [1.807, 2.05) is 6.07 Å². The van der Waals surface area contributed by atoms with E-state index < -0.39 is 0 Å². The molecule has 0 radical (unpaired) electrons. The van der Waals surface area contributed by atoms with Crippen molar-refractivity contribution in [1.29, 1.82) is 0 Å². The van der Waals surface area contributed by atoms with Gasteiger partial charge in [0.1, 0.15) is 4.88 Å². The molecule has 1 heterocycles. The molecule has 2 aromatic rings. The molecule has 88 valence electrons. The van der Waals surface area contributed by atoms with Crippen LogP contribution in [0.1, 0.15) is 9.67 Å². The fraction of sp³-hybridized carbons (Fsp3) is 0. The molecule has 2 nitrogen and oxygen atoms in total. The molecule has 2 rings (SSSR count). The maximum Gasteiger partial charge on any atom is 0.163 e. The van der Waals surface area contributed by atoms with Crippen molar-refractivity contribution in [2.24, 2.45) is 0 Å². The Balaban J connectivity index is 2.25. The van der Waals surface area contributed by atoms with Crippen LogP contribution in [0, 0.1) is 0 Å². The predicted octanol–water partition coefficient (Wildman–Crippen LogP) is 5.07. The molecular weight excluding hydrogens is 321 g/mol. The third kappa shape index (κ3) is 3.14. The third-order valence-electron chi connectivity index (χ3n) is 1.79. The Bertz CT molecular complexity index is 571. The SMILES string of the molecule is O=Cc1sc(Sc2ccc(Cl)c(Cl)c2)nc1Cl. The van der Waals surface area contributed by atoms with Crippen molar-refractivity contribution >= 4 is 64.2 Å². The Morgan fingerprint density at radius 3 is 2.59 bits per heavy atom. The number of carbonyl (C=O) groups excluding carboxylic acids is 1. The number of benzene rings is 1. The van der Waals surface area contributed by atoms with E-state index in [0.29, 0.717) is 25.5 Å². The topological polar surface area (TPSA) is 30.0 Å². The number of thiazole rings is 1. The molecule has 0 spiro atoms. The van der Waals surface area contributed by atoms with Gasteiger partial charge in [-0.05, 0) is 18.2 Å². The fourth-order valence-corrected chi connectivity index (χ4v) is 3.64. The number of rotatable bonds is 3. The smallest absolute Gasteiger partial charge is 0.163 e. The molecule has 0 amide bonds. The lowest BCUT2D eigenvalue weighted by molar-refractivity contribution is 0.112. The molecule has 1 aromatic heterocycles. The van der Waals surface area contributed by atoms with E-state index >= 15 is 0 Å². The number of halogens is 3. The molecule has 1 aromatic carbocycles. The van der Waals surface area contributed by atoms with Crippen molar-refractivity contribution in [2.75, 3.05) is 0 Å². The summed E-state index contributed by atoms with van der Waals surface area (Å²) in [6.07, 6.45) is 0.693. The minimum absolute atomic E-state index is 0.229. The monoisotopic (exact) mass is 323 g/mol. The maximum atomic E-state index is 10.6. The first kappa shape index (κ1) is 13.2. The van der Waals surface area contributed by atoms with Crippen molar-refractivity contribution in [3.8, 4) is 0 Å². The van der Waals surface area contributed by atoms with Crippen LogP contribution < -0.4 is 0 Å². The predicted molar refractivity (Wildman–Crippen MR) is 73.1 cm³/mol. The normalized spacial score (nSPS) is 10.5. The molecule has 0 fully saturated rings. The zero-order valence-corrected chi connectivity index (χ0v) is 12.0. The molecule has 0 saturated carbocycles. The highest BCUT2D eigenvalue weighted by molar-refractivity contribution is 8.01. The van der Waals surface area contributed by atoms with Crippen LogP contribution in [-0.4, -0.2) is 11.3 Å². The highest BCUT2D eigenvalue weighted by Gasteiger charge is 2.10. The second-order valence-corrected chi connectivity index (χ2v) is 6.45. The van der Waals surface area contributed by atoms with Gasteiger partial charge < -0.3 is 0 Å². The Hall–Kier alpha value is -0.260. The van der Waals surface area contributed by atoms with Gasteiger partial charge in [0.05, 0.1) is 10.0 Å². The zero-order chi connectivity index (χ0) is 12.4. The second kappa shape index (κ2) is 5.59. The number of hydrogen-bond acceptors (Lipinski definition) is 4. The summed E-state index contributed by atoms with van der Waals surface area (Å²) in [6.45, 7) is 0. The van der Waals surface area contributed by atoms with E-state index in [4.69, 9.17) is 34.8 Å². The van der Waals surface area contributed by atoms with Gasteiger partial charge in [-0.2, -0.15) is 0 Å². The summed E-state index contributed by atoms with van der Waals surface area (Å²) < 4.78 is 0.690. The van der Waals surface area contributed by atoms with E-state index in [1.54, 1.807) is 12.1 Å². The molecule has 17 heavy (non-hydrogen) atoms. The first-order chi connectivity index (χ1) is 8.10. The van der Waals surface area contributed by atoms with Crippen molar-refractivity contribution in [2.45, 2.75) is 9.24 Å². The van der Waals surface area contributed by atoms with Gasteiger partial charge >= 0.3 is 0 Å². The summed E-state index contributed by atoms with van der Waals surface area (Å²) in [6, 6.07) is 5.28. The highest BCUT2D eigenvalue weighted by atomic mass is 35.5. The van der Waals surface area contributed by atoms with E-state index in [9.17, 15) is 4.79 Å². The molecule has 0 saturated heterocycles. The Labute approximate surface area is 121 Å². The Morgan fingerprint density at radius 2 is 2.00 bits per heavy atom. The van der Waals surface area contributed by atoms with Crippen LogP contribution in [0.3, 0.4) is 0 Å². The lowest BCUT2D eigenvalue weighted by Crippen LogP contribution is -1.74. The first-order valence-electron chi connectivity index (χ1n) is 4.34. The second-order valence-electron chi connectivity index (χ2n) is 2.93. The fourth-order valence-electron chi connectivity index (χ4n) is 1.05. The Morgan fingerprint density at radius 1 is 1.24 bits per heavy atom. The Kier molecular flexibility index (Phi) is 4.33. The molecule has 0 aliphatic rings. The average Bonchev–Trinajstić information content (AvgIpc) is 2.64. The summed E-state index contributed by atoms with van der Waals surface area (Å²) >= 11 is 20.1. The highest BCUT2D eigenvalue weighted by Crippen LogP contribution is 2.36. The molecule has 7 heteroatoms. The first-order valence-corrected chi connectivity index (χ1v) is 7.11. The van der Waals surface area contributed by atoms with E-state index in [2.05, 4.69) is 4.98 Å². The van der Waals surface area contributed by atoms with Crippen LogP contribution in [0.15, 0.2) is 27.4 Å². The van der Waals surface area contributed by atoms with Crippen LogP contribution in [0.5, 0.6) is 0 Å². The lowest BCUT2D eigenvalue weighted by atomic mass is 10.4. The summed E-state index contributed by atoms with van der Waals surface area (Å²) in [4.78, 5) is 16.0. The maximum absolute atomic E-state index is 10.6. The van der Waals surface area contributed by atoms with Gasteiger partial charge in [0.15, 0.2) is 15.8 Å². The largest absolute Gasteiger partial charge is 0.297 e. The van der Waals surface area contributed by atoms with Gasteiger partial charge in [0, 0.05) is 4.90 Å². The van der Waals surface area contributed by atoms with E-state index in [0.717, 1.165) is 4.90 Å². The molecule has 0 N–H and O–H groups in total. The summed E-state index contributed by atoms with van der Waals surface area (Å²) in [5.41, 5.74) is 0. The van der Waals surface area contributed by atoms with Gasteiger partial charge in [0.2, 0.25) is 0 Å². The minimum Gasteiger partial charge on any atom is -0.297 e. The summed E-state index contributed by atoms with van der Waals surface area (Å²) in [5.74, 6) is 0. The number of carbonyl (C=O) groups is 1. The van der Waals surface area contributed by atoms with E-state index in [1.165, 1.54) is 23.1 Å². The van der Waals surface area contributed by atoms with Crippen LogP contribution in [0.25, 0.3) is 0 Å². The molecular formula is C10H4Cl3NOS2. The van der Waals surface area contributed by atoms with E-state index in [-0.39, 0.29) is 5.15 Å². The van der Waals surface area contributed by atoms with Crippen molar-refractivity contribution in [3.63, 3.8) is 0 Å². The molecule has 0 atom stereocenters. The van der Waals surface area contributed by atoms with Crippen LogP contribution in [0.2, 0.25) is 15.2 Å². The van der Waals surface area contributed by atoms with Crippen LogP contribution >= 0.6 is 57.9 Å². The average molecular weight is 325 g/mol. The molecule has 0 aliphatic carbocycles. The zero-order valence-electron chi connectivity index (χ0n) is 8.12. The van der Waals surface area contributed by atoms with Gasteiger partial charge in [-0.25, -0.2) is 4.98 Å². The van der Waals surface area contributed by atoms with Crippen LogP contribution in [-0.2, 0) is 0 Å². The standard InChI is InChI=1S/C10H4Cl3NOS2/c11-6-2-1-5(3-7(6)12)16-10-14-9(13)8(4-15)17-10/h1-4H. The third-order valence-corrected chi connectivity index (χ3v) is 4.96. The van der Waals surface area contributed by atoms with Crippen LogP contribution in [0.4, 0.5) is 0 Å². The number of aldehydes is 1. The molecule has 0 unspecified atom stereocenters. The van der Waals surface area contributed by atoms with Gasteiger partial charge in [0.25, 0.3) is 0 Å². The summed E-state index contributed by atoms with van der Waals surface area (Å²) in [7, 11) is 0. The summed E-state index contributed by atoms with van der Waals surface area (Å²) in [5, 5.41) is 1.21. The number of hydrogen-bond donors (Lipinski definition) is 0. The van der Waals surface area contributed by atoms with Crippen molar-refractivity contribution in [3.05, 3.63) is 38.3 Å². The van der Waals surface area contributed by atoms with Gasteiger partial charge in [-0.15, -0.1) is 11.3 Å². The van der Waals surface area contributed by atoms with Gasteiger partial charge in [-0.3, -0.25) is 4.79 Å². The van der Waals surface area contributed by atoms with Crippen molar-refractivity contribution in [1.82, 2.24) is 4.98 Å². The number of aromatic nitrogens is 1. The lowest BCUT2D eigenvalue weighted by Gasteiger charge is -1.99. The molecule has 0 aliphatic heterocycles. The minimum atomic E-state index is 0.229. The quantitative estimate of drug-likeness (QED) is 0.739. The van der Waals surface area contributed by atoms with Gasteiger partial charge in [-0.1, -0.05) is 46.6 Å². The van der Waals surface area contributed by atoms with Crippen molar-refractivity contribution < 1.29 is 4.79 Å².